The molecule has 0 aliphatic heterocycles. The summed E-state index contributed by atoms with van der Waals surface area (Å²) >= 11 is 0. The van der Waals surface area contributed by atoms with E-state index in [1.54, 1.807) is 20.8 Å². The van der Waals surface area contributed by atoms with Crippen molar-refractivity contribution in [2.75, 3.05) is 13.2 Å². The summed E-state index contributed by atoms with van der Waals surface area (Å²) < 4.78 is 4.79. The number of aromatic carboxylic acids is 1. The fourth-order valence-electron chi connectivity index (χ4n) is 1.59. The normalized spacial score (nSPS) is 10.4. The van der Waals surface area contributed by atoms with Gasteiger partial charge in [-0.2, -0.15) is 0 Å². The molecular weight excluding hydrogens is 266 g/mol. The lowest BCUT2D eigenvalue weighted by Gasteiger charge is -2.25. The highest BCUT2D eigenvalue weighted by molar-refractivity contribution is 6.03. The average Bonchev–Trinajstić information content (AvgIpc) is 2.84. The Morgan fingerprint density at radius 2 is 2.10 bits per heavy atom. The maximum Gasteiger partial charge on any atom is 0.354 e. The lowest BCUT2D eigenvalue weighted by molar-refractivity contribution is -0.144. The van der Waals surface area contributed by atoms with Crippen LogP contribution in [0.1, 0.15) is 41.7 Å². The van der Waals surface area contributed by atoms with Crippen molar-refractivity contribution in [1.82, 2.24) is 14.9 Å². The molecule has 1 heterocycles. The third kappa shape index (κ3) is 3.56. The van der Waals surface area contributed by atoms with Crippen LogP contribution in [0.4, 0.5) is 0 Å². The molecule has 2 N–H and O–H groups in total. The maximum atomic E-state index is 12.3. The van der Waals surface area contributed by atoms with Gasteiger partial charge in [0.1, 0.15) is 6.54 Å². The molecule has 1 aromatic heterocycles. The summed E-state index contributed by atoms with van der Waals surface area (Å²) in [6.45, 7) is 5.04. The van der Waals surface area contributed by atoms with Gasteiger partial charge in [0.2, 0.25) is 0 Å². The zero-order valence-electron chi connectivity index (χ0n) is 11.5. The molecule has 8 heteroatoms. The number of ether oxygens (including phenoxy) is 1. The Labute approximate surface area is 115 Å². The Morgan fingerprint density at radius 1 is 1.45 bits per heavy atom. The van der Waals surface area contributed by atoms with E-state index in [2.05, 4.69) is 9.97 Å². The highest BCUT2D eigenvalue weighted by atomic mass is 16.5. The number of carboxylic acid groups (broad SMARTS) is 1. The average molecular weight is 283 g/mol. The molecule has 110 valence electrons. The molecule has 20 heavy (non-hydrogen) atoms. The lowest BCUT2D eigenvalue weighted by atomic mass is 10.2. The number of hydrogen-bond donors (Lipinski definition) is 2. The lowest BCUT2D eigenvalue weighted by Crippen LogP contribution is -2.42. The number of nitrogens with zero attached hydrogens (tertiary/aromatic N) is 2. The van der Waals surface area contributed by atoms with Crippen LogP contribution >= 0.6 is 0 Å². The number of carboxylic acids is 1. The predicted molar refractivity (Wildman–Crippen MR) is 68.4 cm³/mol. The zero-order valence-corrected chi connectivity index (χ0v) is 11.5. The van der Waals surface area contributed by atoms with Gasteiger partial charge in [-0.15, -0.1) is 0 Å². The standard InChI is InChI=1S/C12H17N3O5/c1-4-20-8(16)5-15(7(2)3)11(17)9-10(12(18)19)14-6-13-9/h6-7H,4-5H2,1-3H3,(H,13,14)(H,18,19). The summed E-state index contributed by atoms with van der Waals surface area (Å²) in [5.41, 5.74) is -0.528. The molecule has 0 saturated carbocycles. The number of hydrogen-bond acceptors (Lipinski definition) is 5. The summed E-state index contributed by atoms with van der Waals surface area (Å²) in [6, 6.07) is -0.301. The molecule has 1 amide bonds. The molecule has 0 aliphatic rings. The van der Waals surface area contributed by atoms with Crippen LogP contribution in [0.2, 0.25) is 0 Å². The number of esters is 1. The van der Waals surface area contributed by atoms with Gasteiger partial charge in [0.15, 0.2) is 11.4 Å². The second-order valence-electron chi connectivity index (χ2n) is 4.26. The SMILES string of the molecule is CCOC(=O)CN(C(=O)c1nc[nH]c1C(=O)O)C(C)C. The Bertz CT molecular complexity index is 509. The molecule has 1 aromatic rings. The Hall–Kier alpha value is -2.38. The van der Waals surface area contributed by atoms with Crippen LogP contribution in [0.3, 0.4) is 0 Å². The van der Waals surface area contributed by atoms with E-state index in [0.29, 0.717) is 0 Å². The molecule has 0 atom stereocenters. The summed E-state index contributed by atoms with van der Waals surface area (Å²) in [5, 5.41) is 8.96. The predicted octanol–water partition coefficient (Wildman–Crippen LogP) is 0.522. The van der Waals surface area contributed by atoms with Gasteiger partial charge in [-0.1, -0.05) is 0 Å². The van der Waals surface area contributed by atoms with E-state index in [9.17, 15) is 14.4 Å². The van der Waals surface area contributed by atoms with Gasteiger partial charge in [0.05, 0.1) is 12.9 Å². The van der Waals surface area contributed by atoms with Crippen LogP contribution in [0, 0.1) is 0 Å². The fraction of sp³-hybridized carbons (Fsp3) is 0.500. The molecule has 0 aliphatic carbocycles. The number of aromatic amines is 1. The molecule has 0 aromatic carbocycles. The number of aromatic nitrogens is 2. The van der Waals surface area contributed by atoms with Crippen LogP contribution in [-0.4, -0.2) is 57.0 Å². The van der Waals surface area contributed by atoms with Crippen molar-refractivity contribution in [3.05, 3.63) is 17.7 Å². The van der Waals surface area contributed by atoms with E-state index < -0.39 is 17.8 Å². The highest BCUT2D eigenvalue weighted by Gasteiger charge is 2.28. The number of imidazole rings is 1. The molecule has 0 unspecified atom stereocenters. The van der Waals surface area contributed by atoms with Crippen LogP contribution in [0.15, 0.2) is 6.33 Å². The van der Waals surface area contributed by atoms with E-state index in [0.717, 1.165) is 6.33 Å². The van der Waals surface area contributed by atoms with Crippen molar-refractivity contribution < 1.29 is 24.2 Å². The molecule has 0 radical (unpaired) electrons. The first-order valence-electron chi connectivity index (χ1n) is 6.11. The largest absolute Gasteiger partial charge is 0.477 e. The van der Waals surface area contributed by atoms with Crippen molar-refractivity contribution in [1.29, 1.82) is 0 Å². The topological polar surface area (TPSA) is 113 Å². The van der Waals surface area contributed by atoms with Crippen molar-refractivity contribution in [3.63, 3.8) is 0 Å². The molecule has 8 nitrogen and oxygen atoms in total. The summed E-state index contributed by atoms with van der Waals surface area (Å²) in [7, 11) is 0. The van der Waals surface area contributed by atoms with Crippen molar-refractivity contribution in [2.24, 2.45) is 0 Å². The Morgan fingerprint density at radius 3 is 2.60 bits per heavy atom. The van der Waals surface area contributed by atoms with Gasteiger partial charge < -0.3 is 19.7 Å². The van der Waals surface area contributed by atoms with Gasteiger partial charge in [0, 0.05) is 6.04 Å². The molecule has 0 saturated heterocycles. The van der Waals surface area contributed by atoms with Crippen LogP contribution < -0.4 is 0 Å². The van der Waals surface area contributed by atoms with Gasteiger partial charge in [-0.05, 0) is 20.8 Å². The van der Waals surface area contributed by atoms with E-state index in [-0.39, 0.29) is 30.6 Å². The number of nitrogens with one attached hydrogen (secondary N) is 1. The second-order valence-corrected chi connectivity index (χ2v) is 4.26. The van der Waals surface area contributed by atoms with Crippen molar-refractivity contribution in [3.8, 4) is 0 Å². The fourth-order valence-corrected chi connectivity index (χ4v) is 1.59. The Kier molecular flexibility index (Phi) is 5.24. The first kappa shape index (κ1) is 15.7. The highest BCUT2D eigenvalue weighted by Crippen LogP contribution is 2.10. The van der Waals surface area contributed by atoms with Crippen LogP contribution in [0.5, 0.6) is 0 Å². The first-order valence-corrected chi connectivity index (χ1v) is 6.11. The van der Waals surface area contributed by atoms with E-state index in [1.807, 2.05) is 0 Å². The minimum Gasteiger partial charge on any atom is -0.477 e. The maximum absolute atomic E-state index is 12.3. The third-order valence-corrected chi connectivity index (χ3v) is 2.54. The number of carbonyl (C=O) groups is 3. The van der Waals surface area contributed by atoms with Crippen molar-refractivity contribution >= 4 is 17.8 Å². The summed E-state index contributed by atoms with van der Waals surface area (Å²) in [5.74, 6) is -2.47. The molecular formula is C12H17N3O5. The number of H-pyrrole nitrogens is 1. The molecule has 0 bridgehead atoms. The van der Waals surface area contributed by atoms with Gasteiger partial charge in [-0.25, -0.2) is 9.78 Å². The monoisotopic (exact) mass is 283 g/mol. The Balaban J connectivity index is 2.97. The molecule has 0 fully saturated rings. The third-order valence-electron chi connectivity index (χ3n) is 2.54. The van der Waals surface area contributed by atoms with E-state index >= 15 is 0 Å². The van der Waals surface area contributed by atoms with Crippen LogP contribution in [-0.2, 0) is 9.53 Å². The quantitative estimate of drug-likeness (QED) is 0.736. The zero-order chi connectivity index (χ0) is 15.3. The smallest absolute Gasteiger partial charge is 0.354 e. The van der Waals surface area contributed by atoms with E-state index in [4.69, 9.17) is 9.84 Å². The van der Waals surface area contributed by atoms with E-state index in [1.165, 1.54) is 4.90 Å². The number of rotatable bonds is 6. The van der Waals surface area contributed by atoms with Crippen molar-refractivity contribution in [2.45, 2.75) is 26.8 Å². The summed E-state index contributed by atoms with van der Waals surface area (Å²) in [6.07, 6.45) is 1.12. The minimum absolute atomic E-state index is 0.210. The molecule has 0 spiro atoms. The number of carbonyl (C=O) groups excluding carboxylic acids is 2. The van der Waals surface area contributed by atoms with Gasteiger partial charge in [0.25, 0.3) is 5.91 Å². The number of amides is 1. The molecule has 1 rings (SSSR count). The van der Waals surface area contributed by atoms with Gasteiger partial charge in [-0.3, -0.25) is 9.59 Å². The van der Waals surface area contributed by atoms with Gasteiger partial charge >= 0.3 is 11.9 Å². The minimum atomic E-state index is -1.29. The van der Waals surface area contributed by atoms with Crippen LogP contribution in [0.25, 0.3) is 0 Å². The first-order chi connectivity index (χ1) is 9.38. The summed E-state index contributed by atoms with van der Waals surface area (Å²) in [4.78, 5) is 42.1. The second kappa shape index (κ2) is 6.69.